The highest BCUT2D eigenvalue weighted by atomic mass is 32.2. The molecule has 0 aliphatic rings. The molecule has 0 bridgehead atoms. The summed E-state index contributed by atoms with van der Waals surface area (Å²) in [4.78, 5) is 22.4. The van der Waals surface area contributed by atoms with Crippen molar-refractivity contribution < 1.29 is 19.4 Å². The maximum absolute atomic E-state index is 11.9. The molecule has 0 aliphatic carbocycles. The Bertz CT molecular complexity index is 673. The molecule has 0 radical (unpaired) electrons. The van der Waals surface area contributed by atoms with Crippen molar-refractivity contribution in [2.75, 3.05) is 17.7 Å². The van der Waals surface area contributed by atoms with Crippen LogP contribution in [0.15, 0.2) is 29.4 Å². The maximum atomic E-state index is 11.9. The molecule has 10 heteroatoms. The van der Waals surface area contributed by atoms with Gasteiger partial charge < -0.3 is 20.0 Å². The number of carbonyl (C=O) groups excluding carboxylic acids is 2. The summed E-state index contributed by atoms with van der Waals surface area (Å²) in [5, 5.41) is 24.0. The molecule has 9 nitrogen and oxygen atoms in total. The summed E-state index contributed by atoms with van der Waals surface area (Å²) in [5.41, 5.74) is 0.633. The third kappa shape index (κ3) is 5.25. The van der Waals surface area contributed by atoms with Gasteiger partial charge in [0.15, 0.2) is 0 Å². The topological polar surface area (TPSA) is 122 Å². The van der Waals surface area contributed by atoms with Gasteiger partial charge in [-0.3, -0.25) is 4.79 Å². The number of hydrogen-bond donors (Lipinski definition) is 1. The van der Waals surface area contributed by atoms with Crippen molar-refractivity contribution in [3.63, 3.8) is 0 Å². The van der Waals surface area contributed by atoms with Crippen LogP contribution in [0.25, 0.3) is 0 Å². The SMILES string of the molecule is CCOc1ccc(NC(=O)CSc2nnnn2CC(=O)[O-])cc1. The van der Waals surface area contributed by atoms with Gasteiger partial charge in [-0.15, -0.1) is 5.10 Å². The van der Waals surface area contributed by atoms with E-state index >= 15 is 0 Å². The number of anilines is 1. The molecule has 23 heavy (non-hydrogen) atoms. The van der Waals surface area contributed by atoms with Crippen LogP contribution in [0.5, 0.6) is 5.75 Å². The molecule has 0 aliphatic heterocycles. The molecule has 1 amide bonds. The van der Waals surface area contributed by atoms with Crippen LogP contribution in [0.4, 0.5) is 5.69 Å². The maximum Gasteiger partial charge on any atom is 0.234 e. The second-order valence-corrected chi connectivity index (χ2v) is 5.23. The Kier molecular flexibility index (Phi) is 5.92. The highest BCUT2D eigenvalue weighted by molar-refractivity contribution is 7.99. The quantitative estimate of drug-likeness (QED) is 0.643. The molecule has 0 saturated heterocycles. The molecule has 2 aromatic rings. The average Bonchev–Trinajstić information content (AvgIpc) is 2.94. The number of thioether (sulfide) groups is 1. The highest BCUT2D eigenvalue weighted by Crippen LogP contribution is 2.17. The first-order chi connectivity index (χ1) is 11.1. The van der Waals surface area contributed by atoms with E-state index < -0.39 is 12.5 Å². The Labute approximate surface area is 136 Å². The molecule has 0 atom stereocenters. The van der Waals surface area contributed by atoms with Crippen LogP contribution in [-0.2, 0) is 16.1 Å². The second kappa shape index (κ2) is 8.13. The van der Waals surface area contributed by atoms with E-state index in [0.717, 1.165) is 22.2 Å². The first kappa shape index (κ1) is 16.7. The van der Waals surface area contributed by atoms with Gasteiger partial charge in [-0.2, -0.15) is 0 Å². The largest absolute Gasteiger partial charge is 0.548 e. The number of carbonyl (C=O) groups is 2. The van der Waals surface area contributed by atoms with Crippen molar-refractivity contribution in [3.05, 3.63) is 24.3 Å². The first-order valence-corrected chi connectivity index (χ1v) is 7.68. The smallest absolute Gasteiger partial charge is 0.234 e. The van der Waals surface area contributed by atoms with Crippen molar-refractivity contribution in [2.24, 2.45) is 0 Å². The predicted octanol–water partition coefficient (Wildman–Crippen LogP) is -0.447. The van der Waals surface area contributed by atoms with Gasteiger partial charge in [-0.25, -0.2) is 4.68 Å². The lowest BCUT2D eigenvalue weighted by Crippen LogP contribution is -2.28. The molecule has 0 fully saturated rings. The van der Waals surface area contributed by atoms with E-state index in [2.05, 4.69) is 20.8 Å². The van der Waals surface area contributed by atoms with Crippen molar-refractivity contribution in [1.29, 1.82) is 0 Å². The fraction of sp³-hybridized carbons (Fsp3) is 0.308. The van der Waals surface area contributed by atoms with E-state index in [1.165, 1.54) is 0 Å². The zero-order chi connectivity index (χ0) is 16.7. The summed E-state index contributed by atoms with van der Waals surface area (Å²) >= 11 is 1.03. The number of ether oxygens (including phenoxy) is 1. The minimum Gasteiger partial charge on any atom is -0.548 e. The van der Waals surface area contributed by atoms with Crippen LogP contribution >= 0.6 is 11.8 Å². The normalized spacial score (nSPS) is 10.3. The van der Waals surface area contributed by atoms with E-state index in [1.807, 2.05) is 6.92 Å². The van der Waals surface area contributed by atoms with Crippen LogP contribution in [0, 0.1) is 0 Å². The number of hydrogen-bond acceptors (Lipinski definition) is 8. The van der Waals surface area contributed by atoms with Crippen LogP contribution in [0.2, 0.25) is 0 Å². The van der Waals surface area contributed by atoms with Crippen LogP contribution in [0.3, 0.4) is 0 Å². The molecular formula is C13H14N5O4S-. The summed E-state index contributed by atoms with van der Waals surface area (Å²) in [7, 11) is 0. The lowest BCUT2D eigenvalue weighted by atomic mass is 10.3. The Morgan fingerprint density at radius 3 is 2.74 bits per heavy atom. The monoisotopic (exact) mass is 336 g/mol. The highest BCUT2D eigenvalue weighted by Gasteiger charge is 2.10. The number of carboxylic acid groups (broad SMARTS) is 1. The van der Waals surface area contributed by atoms with Gasteiger partial charge in [0.2, 0.25) is 11.1 Å². The molecule has 1 N–H and O–H groups in total. The van der Waals surface area contributed by atoms with Gasteiger partial charge in [0.25, 0.3) is 0 Å². The average molecular weight is 336 g/mol. The van der Waals surface area contributed by atoms with E-state index in [1.54, 1.807) is 24.3 Å². The summed E-state index contributed by atoms with van der Waals surface area (Å²) in [6.45, 7) is 2.00. The van der Waals surface area contributed by atoms with Gasteiger partial charge >= 0.3 is 0 Å². The summed E-state index contributed by atoms with van der Waals surface area (Å²) in [6.07, 6.45) is 0. The van der Waals surface area contributed by atoms with Crippen LogP contribution in [0.1, 0.15) is 6.92 Å². The van der Waals surface area contributed by atoms with Gasteiger partial charge in [-0.1, -0.05) is 11.8 Å². The molecule has 122 valence electrons. The van der Waals surface area contributed by atoms with Crippen molar-refractivity contribution in [2.45, 2.75) is 18.6 Å². The number of tetrazole rings is 1. The Hall–Kier alpha value is -2.62. The van der Waals surface area contributed by atoms with Gasteiger partial charge in [-0.05, 0) is 41.6 Å². The Morgan fingerprint density at radius 2 is 2.09 bits per heavy atom. The molecule has 1 heterocycles. The minimum atomic E-state index is -1.31. The number of nitrogens with one attached hydrogen (secondary N) is 1. The van der Waals surface area contributed by atoms with Crippen molar-refractivity contribution in [3.8, 4) is 5.75 Å². The number of aromatic nitrogens is 4. The summed E-state index contributed by atoms with van der Waals surface area (Å²) in [5.74, 6) is -0.804. The van der Waals surface area contributed by atoms with E-state index in [9.17, 15) is 14.7 Å². The van der Waals surface area contributed by atoms with E-state index in [4.69, 9.17) is 4.74 Å². The number of aliphatic carboxylic acids is 1. The molecule has 1 aromatic heterocycles. The van der Waals surface area contributed by atoms with Crippen LogP contribution in [-0.4, -0.2) is 44.4 Å². The van der Waals surface area contributed by atoms with E-state index in [-0.39, 0.29) is 16.8 Å². The summed E-state index contributed by atoms with van der Waals surface area (Å²) in [6, 6.07) is 6.97. The van der Waals surface area contributed by atoms with Crippen molar-refractivity contribution >= 4 is 29.3 Å². The van der Waals surface area contributed by atoms with Gasteiger partial charge in [0.05, 0.1) is 24.9 Å². The predicted molar refractivity (Wildman–Crippen MR) is 79.8 cm³/mol. The minimum absolute atomic E-state index is 0.0423. The number of carboxylic acids is 1. The fourth-order valence-electron chi connectivity index (χ4n) is 1.65. The zero-order valence-electron chi connectivity index (χ0n) is 12.3. The first-order valence-electron chi connectivity index (χ1n) is 6.70. The summed E-state index contributed by atoms with van der Waals surface area (Å²) < 4.78 is 6.37. The second-order valence-electron chi connectivity index (χ2n) is 4.29. The molecule has 0 unspecified atom stereocenters. The third-order valence-electron chi connectivity index (χ3n) is 2.56. The fourth-order valence-corrected chi connectivity index (χ4v) is 2.33. The number of amides is 1. The lowest BCUT2D eigenvalue weighted by molar-refractivity contribution is -0.306. The molecular weight excluding hydrogens is 322 g/mol. The molecule has 1 aromatic carbocycles. The Morgan fingerprint density at radius 1 is 1.35 bits per heavy atom. The van der Waals surface area contributed by atoms with Gasteiger partial charge in [0.1, 0.15) is 5.75 Å². The number of benzene rings is 1. The zero-order valence-corrected chi connectivity index (χ0v) is 13.1. The molecule has 2 rings (SSSR count). The number of nitrogens with zero attached hydrogens (tertiary/aromatic N) is 4. The van der Waals surface area contributed by atoms with Crippen LogP contribution < -0.4 is 15.2 Å². The Balaban J connectivity index is 1.85. The number of rotatable bonds is 8. The lowest BCUT2D eigenvalue weighted by Gasteiger charge is -2.07. The van der Waals surface area contributed by atoms with E-state index in [0.29, 0.717) is 12.3 Å². The standard InChI is InChI=1S/C13H15N5O4S/c1-2-22-10-5-3-9(4-6-10)14-11(19)8-23-13-15-16-17-18(13)7-12(20)21/h3-6H,2,7-8H2,1H3,(H,14,19)(H,20,21)/p-1. The van der Waals surface area contributed by atoms with Crippen molar-refractivity contribution in [1.82, 2.24) is 20.2 Å². The third-order valence-corrected chi connectivity index (χ3v) is 3.52. The molecule has 0 saturated carbocycles. The van der Waals surface area contributed by atoms with Gasteiger partial charge in [0, 0.05) is 5.69 Å². The molecule has 0 spiro atoms.